The van der Waals surface area contributed by atoms with Crippen molar-refractivity contribution in [1.29, 1.82) is 0 Å². The molecule has 0 saturated carbocycles. The van der Waals surface area contributed by atoms with Gasteiger partial charge in [-0.25, -0.2) is 0 Å². The fraction of sp³-hybridized carbons (Fsp3) is 0.733. The minimum absolute atomic E-state index is 0.110. The number of hydrogen-bond acceptors (Lipinski definition) is 3. The third-order valence-electron chi connectivity index (χ3n) is 3.42. The van der Waals surface area contributed by atoms with Crippen molar-refractivity contribution in [3.05, 3.63) is 19.4 Å². The summed E-state index contributed by atoms with van der Waals surface area (Å²) in [7, 11) is 0. The fourth-order valence-electron chi connectivity index (χ4n) is 2.34. The average Bonchev–Trinajstić information content (AvgIpc) is 3.03. The van der Waals surface area contributed by atoms with Crippen molar-refractivity contribution in [1.82, 2.24) is 0 Å². The first-order chi connectivity index (χ1) is 9.31. The minimum atomic E-state index is -0.110. The molecule has 1 aromatic heterocycles. The summed E-state index contributed by atoms with van der Waals surface area (Å²) >= 11 is 4.30. The van der Waals surface area contributed by atoms with E-state index in [0.29, 0.717) is 0 Å². The van der Waals surface area contributed by atoms with Crippen LogP contribution in [0.4, 0.5) is 0 Å². The van der Waals surface area contributed by atoms with Gasteiger partial charge in [-0.05, 0) is 41.5 Å². The first-order valence-corrected chi connectivity index (χ1v) is 9.22. The first-order valence-electron chi connectivity index (χ1n) is 7.32. The molecule has 19 heavy (non-hydrogen) atoms. The molecule has 108 valence electrons. The number of aryl methyl sites for hydroxylation is 1. The van der Waals surface area contributed by atoms with E-state index in [1.54, 1.807) is 0 Å². The Kier molecular flexibility index (Phi) is 7.12. The lowest BCUT2D eigenvalue weighted by Crippen LogP contribution is -1.97. The van der Waals surface area contributed by atoms with Crippen molar-refractivity contribution in [3.63, 3.8) is 0 Å². The Bertz CT molecular complexity index is 372. The maximum atomic E-state index is 5.58. The highest BCUT2D eigenvalue weighted by Crippen LogP contribution is 2.34. The highest BCUT2D eigenvalue weighted by atomic mass is 127. The maximum Gasteiger partial charge on any atom is 0.185 e. The van der Waals surface area contributed by atoms with Gasteiger partial charge in [0.1, 0.15) is 0 Å². The van der Waals surface area contributed by atoms with Gasteiger partial charge in [0.05, 0.1) is 16.1 Å². The number of thiophene rings is 1. The summed E-state index contributed by atoms with van der Waals surface area (Å²) in [6.07, 6.45) is 9.27. The SMILES string of the molecule is CCCCCCCCc1cc(C2OCCO2)c(I)s1. The van der Waals surface area contributed by atoms with E-state index < -0.39 is 0 Å². The van der Waals surface area contributed by atoms with Crippen LogP contribution >= 0.6 is 33.9 Å². The summed E-state index contributed by atoms with van der Waals surface area (Å²) in [5.41, 5.74) is 1.24. The van der Waals surface area contributed by atoms with Gasteiger partial charge >= 0.3 is 0 Å². The highest BCUT2D eigenvalue weighted by molar-refractivity contribution is 14.1. The predicted molar refractivity (Wildman–Crippen MR) is 88.8 cm³/mol. The second-order valence-electron chi connectivity index (χ2n) is 5.03. The van der Waals surface area contributed by atoms with E-state index in [9.17, 15) is 0 Å². The molecule has 2 heterocycles. The molecule has 4 heteroatoms. The molecule has 0 bridgehead atoms. The minimum Gasteiger partial charge on any atom is -0.346 e. The van der Waals surface area contributed by atoms with E-state index in [-0.39, 0.29) is 6.29 Å². The van der Waals surface area contributed by atoms with Gasteiger partial charge in [0.2, 0.25) is 0 Å². The third kappa shape index (κ3) is 4.99. The maximum absolute atomic E-state index is 5.58. The van der Waals surface area contributed by atoms with Crippen LogP contribution in [-0.4, -0.2) is 13.2 Å². The Morgan fingerprint density at radius 1 is 1.16 bits per heavy atom. The average molecular weight is 394 g/mol. The second-order valence-corrected chi connectivity index (χ2v) is 7.98. The Morgan fingerprint density at radius 2 is 1.84 bits per heavy atom. The summed E-state index contributed by atoms with van der Waals surface area (Å²) in [6.45, 7) is 3.72. The lowest BCUT2D eigenvalue weighted by molar-refractivity contribution is -0.0443. The van der Waals surface area contributed by atoms with E-state index >= 15 is 0 Å². The van der Waals surface area contributed by atoms with E-state index in [1.165, 1.54) is 58.3 Å². The molecule has 0 amide bonds. The molecule has 2 rings (SSSR count). The molecule has 1 saturated heterocycles. The molecule has 0 aliphatic carbocycles. The van der Waals surface area contributed by atoms with E-state index in [2.05, 4.69) is 35.6 Å². The zero-order valence-electron chi connectivity index (χ0n) is 11.6. The zero-order chi connectivity index (χ0) is 13.5. The Hall–Kier alpha value is 0.350. The summed E-state index contributed by atoms with van der Waals surface area (Å²) in [4.78, 5) is 1.48. The molecular formula is C15H23IO2S. The van der Waals surface area contributed by atoms with Gasteiger partial charge in [0.15, 0.2) is 6.29 Å². The molecule has 0 N–H and O–H groups in total. The first kappa shape index (κ1) is 15.7. The molecule has 0 atom stereocenters. The van der Waals surface area contributed by atoms with Crippen LogP contribution < -0.4 is 0 Å². The number of halogens is 1. The summed E-state index contributed by atoms with van der Waals surface area (Å²) in [5.74, 6) is 0. The van der Waals surface area contributed by atoms with Crippen molar-refractivity contribution in [2.45, 2.75) is 58.2 Å². The van der Waals surface area contributed by atoms with Crippen molar-refractivity contribution in [2.24, 2.45) is 0 Å². The summed E-state index contributed by atoms with van der Waals surface area (Å²) in [5, 5.41) is 0. The quantitative estimate of drug-likeness (QED) is 0.440. The van der Waals surface area contributed by atoms with E-state index in [4.69, 9.17) is 9.47 Å². The molecule has 0 spiro atoms. The van der Waals surface area contributed by atoms with E-state index in [0.717, 1.165) is 13.2 Å². The topological polar surface area (TPSA) is 18.5 Å². The smallest absolute Gasteiger partial charge is 0.185 e. The van der Waals surface area contributed by atoms with Crippen molar-refractivity contribution < 1.29 is 9.47 Å². The van der Waals surface area contributed by atoms with E-state index in [1.807, 2.05) is 11.3 Å². The normalized spacial score (nSPS) is 16.3. The number of unbranched alkanes of at least 4 members (excludes halogenated alkanes) is 5. The van der Waals surface area contributed by atoms with Crippen LogP contribution in [0.1, 0.15) is 62.2 Å². The number of ether oxygens (including phenoxy) is 2. The number of rotatable bonds is 8. The van der Waals surface area contributed by atoms with Gasteiger partial charge in [-0.3, -0.25) is 0 Å². The van der Waals surface area contributed by atoms with Crippen molar-refractivity contribution in [2.75, 3.05) is 13.2 Å². The van der Waals surface area contributed by atoms with Crippen LogP contribution in [0.25, 0.3) is 0 Å². The lowest BCUT2D eigenvalue weighted by Gasteiger charge is -2.06. The molecule has 1 fully saturated rings. The van der Waals surface area contributed by atoms with Gasteiger partial charge in [-0.2, -0.15) is 0 Å². The molecule has 1 aliphatic rings. The van der Waals surface area contributed by atoms with Gasteiger partial charge in [-0.1, -0.05) is 39.0 Å². The Morgan fingerprint density at radius 3 is 2.58 bits per heavy atom. The molecular weight excluding hydrogens is 371 g/mol. The van der Waals surface area contributed by atoms with Gasteiger partial charge in [0, 0.05) is 10.4 Å². The highest BCUT2D eigenvalue weighted by Gasteiger charge is 2.22. The molecule has 2 nitrogen and oxygen atoms in total. The molecule has 0 unspecified atom stereocenters. The molecule has 1 aromatic rings. The monoisotopic (exact) mass is 394 g/mol. The van der Waals surface area contributed by atoms with Crippen LogP contribution in [0, 0.1) is 2.88 Å². The van der Waals surface area contributed by atoms with Crippen molar-refractivity contribution >= 4 is 33.9 Å². The van der Waals surface area contributed by atoms with Gasteiger partial charge < -0.3 is 9.47 Å². The number of hydrogen-bond donors (Lipinski definition) is 0. The third-order valence-corrected chi connectivity index (χ3v) is 5.70. The second kappa shape index (κ2) is 8.60. The van der Waals surface area contributed by atoms with Gasteiger partial charge in [0.25, 0.3) is 0 Å². The molecule has 0 aromatic carbocycles. The van der Waals surface area contributed by atoms with Gasteiger partial charge in [-0.15, -0.1) is 11.3 Å². The van der Waals surface area contributed by atoms with Crippen LogP contribution in [-0.2, 0) is 15.9 Å². The zero-order valence-corrected chi connectivity index (χ0v) is 14.6. The van der Waals surface area contributed by atoms with Crippen LogP contribution in [0.3, 0.4) is 0 Å². The molecule has 1 aliphatic heterocycles. The summed E-state index contributed by atoms with van der Waals surface area (Å²) < 4.78 is 12.5. The predicted octanol–water partition coefficient (Wildman–Crippen LogP) is 5.30. The van der Waals surface area contributed by atoms with Crippen LogP contribution in [0.2, 0.25) is 0 Å². The van der Waals surface area contributed by atoms with Crippen LogP contribution in [0.5, 0.6) is 0 Å². The largest absolute Gasteiger partial charge is 0.346 e. The fourth-order valence-corrected chi connectivity index (χ4v) is 4.53. The standard InChI is InChI=1S/C15H23IO2S/c1-2-3-4-5-6-7-8-12-11-13(14(16)19-12)15-17-9-10-18-15/h11,15H,2-10H2,1H3. The Labute approximate surface area is 134 Å². The summed E-state index contributed by atoms with van der Waals surface area (Å²) in [6, 6.07) is 2.29. The van der Waals surface area contributed by atoms with Crippen molar-refractivity contribution in [3.8, 4) is 0 Å². The molecule has 0 radical (unpaired) electrons. The lowest BCUT2D eigenvalue weighted by atomic mass is 10.1. The van der Waals surface area contributed by atoms with Crippen LogP contribution in [0.15, 0.2) is 6.07 Å². The Balaban J connectivity index is 1.73.